The highest BCUT2D eigenvalue weighted by molar-refractivity contribution is 7.90. The molecule has 0 N–H and O–H groups in total. The van der Waals surface area contributed by atoms with Crippen LogP contribution in [0.3, 0.4) is 0 Å². The van der Waals surface area contributed by atoms with E-state index in [1.54, 1.807) is 24.3 Å². The van der Waals surface area contributed by atoms with Crippen molar-refractivity contribution in [3.05, 3.63) is 29.6 Å². The van der Waals surface area contributed by atoms with Gasteiger partial charge in [0, 0.05) is 17.2 Å². The minimum Gasteiger partial charge on any atom is -0.224 e. The largest absolute Gasteiger partial charge is 0.224 e. The highest BCUT2D eigenvalue weighted by Gasteiger charge is 2.07. The number of hydrogen-bond donors (Lipinski definition) is 0. The molecule has 2 aromatic rings. The number of rotatable bonds is 2. The second kappa shape index (κ2) is 3.71. The normalized spacial score (nSPS) is 11.5. The summed E-state index contributed by atoms with van der Waals surface area (Å²) in [4.78, 5) is 0.314. The van der Waals surface area contributed by atoms with Gasteiger partial charge < -0.3 is 0 Å². The molecule has 0 unspecified atom stereocenters. The molecule has 4 nitrogen and oxygen atoms in total. The molecule has 0 aliphatic heterocycles. The predicted molar refractivity (Wildman–Crippen MR) is 58.5 cm³/mol. The summed E-state index contributed by atoms with van der Waals surface area (Å²) in [6, 6.07) is 6.61. The summed E-state index contributed by atoms with van der Waals surface area (Å²) in [5.41, 5.74) is 1.64. The quantitative estimate of drug-likeness (QED) is 0.800. The van der Waals surface area contributed by atoms with Gasteiger partial charge in [-0.25, -0.2) is 8.42 Å². The number of aromatic nitrogens is 2. The fraction of sp³-hybridized carbons (Fsp3) is 0.111. The third-order valence-corrected chi connectivity index (χ3v) is 3.57. The Bertz CT molecular complexity index is 544. The van der Waals surface area contributed by atoms with Gasteiger partial charge in [-0.3, -0.25) is 0 Å². The summed E-state index contributed by atoms with van der Waals surface area (Å²) in [6.45, 7) is 0. The molecule has 0 aliphatic rings. The SMILES string of the molecule is CS(=O)(=O)c1ccc(-c2csnn2)cc1. The summed E-state index contributed by atoms with van der Waals surface area (Å²) >= 11 is 1.26. The lowest BCUT2D eigenvalue weighted by Crippen LogP contribution is -1.96. The lowest BCUT2D eigenvalue weighted by Gasteiger charge is -1.99. The number of sulfone groups is 1. The second-order valence-corrected chi connectivity index (χ2v) is 5.71. The predicted octanol–water partition coefficient (Wildman–Crippen LogP) is 1.61. The second-order valence-electron chi connectivity index (χ2n) is 3.09. The first kappa shape index (κ1) is 10.3. The van der Waals surface area contributed by atoms with Gasteiger partial charge >= 0.3 is 0 Å². The maximum atomic E-state index is 11.2. The van der Waals surface area contributed by atoms with Gasteiger partial charge in [0.1, 0.15) is 5.69 Å². The topological polar surface area (TPSA) is 59.9 Å². The molecule has 1 heterocycles. The summed E-state index contributed by atoms with van der Waals surface area (Å²) in [6.07, 6.45) is 1.19. The Kier molecular flexibility index (Phi) is 2.54. The Labute approximate surface area is 91.7 Å². The van der Waals surface area contributed by atoms with Crippen LogP contribution in [0.25, 0.3) is 11.3 Å². The van der Waals surface area contributed by atoms with Crippen LogP contribution in [0.2, 0.25) is 0 Å². The van der Waals surface area contributed by atoms with E-state index >= 15 is 0 Å². The molecule has 0 radical (unpaired) electrons. The summed E-state index contributed by atoms with van der Waals surface area (Å²) < 4.78 is 26.2. The summed E-state index contributed by atoms with van der Waals surface area (Å²) in [7, 11) is -3.12. The van der Waals surface area contributed by atoms with Gasteiger partial charge in [-0.1, -0.05) is 16.6 Å². The Hall–Kier alpha value is -1.27. The van der Waals surface area contributed by atoms with Gasteiger partial charge in [0.2, 0.25) is 0 Å². The van der Waals surface area contributed by atoms with E-state index in [1.165, 1.54) is 17.8 Å². The first-order valence-corrected chi connectivity index (χ1v) is 6.88. The van der Waals surface area contributed by atoms with Crippen LogP contribution < -0.4 is 0 Å². The van der Waals surface area contributed by atoms with Crippen LogP contribution in [-0.4, -0.2) is 24.3 Å². The molecule has 6 heteroatoms. The molecule has 0 saturated heterocycles. The van der Waals surface area contributed by atoms with Crippen LogP contribution in [0, 0.1) is 0 Å². The lowest BCUT2D eigenvalue weighted by molar-refractivity contribution is 0.602. The summed E-state index contributed by atoms with van der Waals surface area (Å²) in [5, 5.41) is 5.71. The third-order valence-electron chi connectivity index (χ3n) is 1.94. The van der Waals surface area contributed by atoms with Gasteiger partial charge in [0.15, 0.2) is 9.84 Å². The van der Waals surface area contributed by atoms with Gasteiger partial charge in [-0.2, -0.15) is 0 Å². The number of hydrogen-bond acceptors (Lipinski definition) is 5. The minimum atomic E-state index is -3.12. The fourth-order valence-electron chi connectivity index (χ4n) is 1.16. The Morgan fingerprint density at radius 2 is 1.87 bits per heavy atom. The minimum absolute atomic E-state index is 0.314. The van der Waals surface area contributed by atoms with Crippen LogP contribution in [0.5, 0.6) is 0 Å². The molecule has 1 aromatic carbocycles. The molecule has 0 atom stereocenters. The van der Waals surface area contributed by atoms with Crippen molar-refractivity contribution in [2.24, 2.45) is 0 Å². The van der Waals surface area contributed by atoms with Crippen molar-refractivity contribution in [3.63, 3.8) is 0 Å². The van der Waals surface area contributed by atoms with Gasteiger partial charge in [-0.05, 0) is 23.7 Å². The standard InChI is InChI=1S/C9H8N2O2S2/c1-15(12,13)8-4-2-7(3-5-8)9-6-14-11-10-9/h2-6H,1H3. The lowest BCUT2D eigenvalue weighted by atomic mass is 10.2. The van der Waals surface area contributed by atoms with Crippen LogP contribution in [-0.2, 0) is 9.84 Å². The smallest absolute Gasteiger partial charge is 0.175 e. The first-order chi connectivity index (χ1) is 7.07. The molecule has 0 spiro atoms. The monoisotopic (exact) mass is 240 g/mol. The van der Waals surface area contributed by atoms with Crippen LogP contribution in [0.4, 0.5) is 0 Å². The molecule has 0 aliphatic carbocycles. The molecule has 1 aromatic heterocycles. The molecule has 0 bridgehead atoms. The van der Waals surface area contributed by atoms with Crippen molar-refractivity contribution in [1.82, 2.24) is 9.59 Å². The van der Waals surface area contributed by atoms with E-state index in [0.29, 0.717) is 4.90 Å². The van der Waals surface area contributed by atoms with Crippen molar-refractivity contribution in [1.29, 1.82) is 0 Å². The van der Waals surface area contributed by atoms with Crippen molar-refractivity contribution < 1.29 is 8.42 Å². The average Bonchev–Trinajstić information content (AvgIpc) is 2.69. The molecular formula is C9H8N2O2S2. The summed E-state index contributed by atoms with van der Waals surface area (Å²) in [5.74, 6) is 0. The zero-order valence-corrected chi connectivity index (χ0v) is 9.55. The van der Waals surface area contributed by atoms with Crippen molar-refractivity contribution >= 4 is 21.4 Å². The number of nitrogens with zero attached hydrogens (tertiary/aromatic N) is 2. The highest BCUT2D eigenvalue weighted by atomic mass is 32.2. The molecule has 2 rings (SSSR count). The average molecular weight is 240 g/mol. The van der Waals surface area contributed by atoms with E-state index in [9.17, 15) is 8.42 Å². The molecule has 15 heavy (non-hydrogen) atoms. The van der Waals surface area contributed by atoms with Crippen molar-refractivity contribution in [2.75, 3.05) is 6.26 Å². The Morgan fingerprint density at radius 3 is 2.33 bits per heavy atom. The van der Waals surface area contributed by atoms with E-state index in [2.05, 4.69) is 9.59 Å². The molecular weight excluding hydrogens is 232 g/mol. The first-order valence-electron chi connectivity index (χ1n) is 4.15. The maximum Gasteiger partial charge on any atom is 0.175 e. The van der Waals surface area contributed by atoms with E-state index in [-0.39, 0.29) is 0 Å². The van der Waals surface area contributed by atoms with Crippen LogP contribution >= 0.6 is 11.5 Å². The zero-order chi connectivity index (χ0) is 10.9. The third kappa shape index (κ3) is 2.21. The fourth-order valence-corrected chi connectivity index (χ4v) is 2.26. The molecule has 0 saturated carbocycles. The molecule has 0 amide bonds. The van der Waals surface area contributed by atoms with E-state index in [1.807, 2.05) is 5.38 Å². The van der Waals surface area contributed by atoms with Crippen molar-refractivity contribution in [3.8, 4) is 11.3 Å². The van der Waals surface area contributed by atoms with E-state index in [0.717, 1.165) is 11.3 Å². The highest BCUT2D eigenvalue weighted by Crippen LogP contribution is 2.19. The van der Waals surface area contributed by atoms with E-state index < -0.39 is 9.84 Å². The maximum absolute atomic E-state index is 11.2. The number of benzene rings is 1. The van der Waals surface area contributed by atoms with E-state index in [4.69, 9.17) is 0 Å². The molecule has 78 valence electrons. The van der Waals surface area contributed by atoms with Gasteiger partial charge in [-0.15, -0.1) is 5.10 Å². The van der Waals surface area contributed by atoms with Gasteiger partial charge in [0.25, 0.3) is 0 Å². The van der Waals surface area contributed by atoms with Crippen molar-refractivity contribution in [2.45, 2.75) is 4.90 Å². The Morgan fingerprint density at radius 1 is 1.20 bits per heavy atom. The van der Waals surface area contributed by atoms with Crippen LogP contribution in [0.1, 0.15) is 0 Å². The zero-order valence-electron chi connectivity index (χ0n) is 7.91. The van der Waals surface area contributed by atoms with Gasteiger partial charge in [0.05, 0.1) is 4.90 Å². The molecule has 0 fully saturated rings. The Balaban J connectivity index is 2.42. The van der Waals surface area contributed by atoms with Crippen LogP contribution in [0.15, 0.2) is 34.5 Å².